The van der Waals surface area contributed by atoms with Gasteiger partial charge in [0.15, 0.2) is 5.82 Å². The lowest BCUT2D eigenvalue weighted by atomic mass is 10.1. The fraction of sp³-hybridized carbons (Fsp3) is 0.318. The summed E-state index contributed by atoms with van der Waals surface area (Å²) in [6, 6.07) is 8.20. The van der Waals surface area contributed by atoms with Gasteiger partial charge in [0.2, 0.25) is 5.88 Å². The third-order valence-electron chi connectivity index (χ3n) is 5.45. The second kappa shape index (κ2) is 9.76. The van der Waals surface area contributed by atoms with Crippen LogP contribution in [0.5, 0.6) is 5.88 Å². The molecule has 2 aromatic heterocycles. The van der Waals surface area contributed by atoms with Crippen LogP contribution in [0.4, 0.5) is 0 Å². The van der Waals surface area contributed by atoms with Gasteiger partial charge in [0.1, 0.15) is 0 Å². The molecule has 4 rings (SSSR count). The predicted octanol–water partition coefficient (Wildman–Crippen LogP) is 3.14. The van der Waals surface area contributed by atoms with Crippen molar-refractivity contribution in [1.29, 1.82) is 0 Å². The molecule has 0 saturated carbocycles. The molecule has 1 aromatic carbocycles. The van der Waals surface area contributed by atoms with Gasteiger partial charge in [-0.2, -0.15) is 5.10 Å². The minimum Gasteiger partial charge on any atom is -0.480 e. The van der Waals surface area contributed by atoms with Gasteiger partial charge in [-0.25, -0.2) is 4.68 Å². The highest BCUT2D eigenvalue weighted by Gasteiger charge is 2.28. The van der Waals surface area contributed by atoms with Crippen molar-refractivity contribution >= 4 is 35.0 Å². The van der Waals surface area contributed by atoms with E-state index in [4.69, 9.17) is 27.9 Å². The van der Waals surface area contributed by atoms with Crippen molar-refractivity contribution in [1.82, 2.24) is 29.8 Å². The lowest BCUT2D eigenvalue weighted by Crippen LogP contribution is -2.50. The number of nitrogens with zero attached hydrogens (tertiary/aromatic N) is 6. The molecular weight excluding hydrogens is 467 g/mol. The van der Waals surface area contributed by atoms with Gasteiger partial charge >= 0.3 is 0 Å². The molecule has 0 atom stereocenters. The van der Waals surface area contributed by atoms with Gasteiger partial charge in [-0.3, -0.25) is 9.59 Å². The van der Waals surface area contributed by atoms with Crippen molar-refractivity contribution in [3.05, 3.63) is 63.4 Å². The third kappa shape index (κ3) is 4.79. The smallest absolute Gasteiger partial charge is 0.257 e. The van der Waals surface area contributed by atoms with Crippen molar-refractivity contribution in [2.45, 2.75) is 13.3 Å². The number of ether oxygens (including phenoxy) is 1. The standard InChI is InChI=1S/C22H22Cl2N6O3/c1-3-18-17(13-25-30(18)19-4-5-20(33-2)27-26-19)22(32)29-8-6-28(7-9-29)21(31)14-10-15(23)12-16(24)11-14/h4-5,10-13H,3,6-9H2,1-2H3. The van der Waals surface area contributed by atoms with Gasteiger partial charge in [0.25, 0.3) is 11.8 Å². The van der Waals surface area contributed by atoms with E-state index in [1.165, 1.54) is 7.11 Å². The molecule has 3 heterocycles. The fourth-order valence-electron chi connectivity index (χ4n) is 3.77. The normalized spacial score (nSPS) is 13.8. The molecule has 1 fully saturated rings. The number of piperazine rings is 1. The van der Waals surface area contributed by atoms with Crippen molar-refractivity contribution in [3.8, 4) is 11.7 Å². The minimum atomic E-state index is -0.161. The van der Waals surface area contributed by atoms with Crippen LogP contribution >= 0.6 is 23.2 Å². The Hall–Kier alpha value is -3.17. The highest BCUT2D eigenvalue weighted by molar-refractivity contribution is 6.35. The summed E-state index contributed by atoms with van der Waals surface area (Å²) in [5.74, 6) is 0.610. The van der Waals surface area contributed by atoms with Gasteiger partial charge < -0.3 is 14.5 Å². The molecule has 0 bridgehead atoms. The summed E-state index contributed by atoms with van der Waals surface area (Å²) in [4.78, 5) is 29.5. The zero-order valence-corrected chi connectivity index (χ0v) is 19.7. The summed E-state index contributed by atoms with van der Waals surface area (Å²) in [7, 11) is 1.52. The molecule has 0 N–H and O–H groups in total. The second-order valence-electron chi connectivity index (χ2n) is 7.45. The number of halogens is 2. The van der Waals surface area contributed by atoms with Crippen molar-refractivity contribution < 1.29 is 14.3 Å². The molecule has 11 heteroatoms. The summed E-state index contributed by atoms with van der Waals surface area (Å²) in [6.45, 7) is 3.60. The Bertz CT molecular complexity index is 1150. The Labute approximate surface area is 200 Å². The van der Waals surface area contributed by atoms with Crippen LogP contribution in [0.3, 0.4) is 0 Å². The van der Waals surface area contributed by atoms with Crippen LogP contribution in [0.25, 0.3) is 5.82 Å². The largest absolute Gasteiger partial charge is 0.480 e. The van der Waals surface area contributed by atoms with E-state index in [2.05, 4.69) is 15.3 Å². The van der Waals surface area contributed by atoms with Gasteiger partial charge in [0, 0.05) is 47.9 Å². The number of hydrogen-bond donors (Lipinski definition) is 0. The Balaban J connectivity index is 1.46. The summed E-state index contributed by atoms with van der Waals surface area (Å²) in [6.07, 6.45) is 2.14. The zero-order valence-electron chi connectivity index (χ0n) is 18.2. The lowest BCUT2D eigenvalue weighted by Gasteiger charge is -2.34. The van der Waals surface area contributed by atoms with E-state index < -0.39 is 0 Å². The quantitative estimate of drug-likeness (QED) is 0.547. The molecule has 1 aliphatic heterocycles. The van der Waals surface area contributed by atoms with E-state index in [1.807, 2.05) is 6.92 Å². The summed E-state index contributed by atoms with van der Waals surface area (Å²) in [5.41, 5.74) is 1.69. The molecular formula is C22H22Cl2N6O3. The maximum Gasteiger partial charge on any atom is 0.257 e. The molecule has 0 aliphatic carbocycles. The third-order valence-corrected chi connectivity index (χ3v) is 5.89. The van der Waals surface area contributed by atoms with Crippen LogP contribution in [-0.4, -0.2) is 74.9 Å². The SMILES string of the molecule is CCc1c(C(=O)N2CCN(C(=O)c3cc(Cl)cc(Cl)c3)CC2)cnn1-c1ccc(OC)nn1. The van der Waals surface area contributed by atoms with Crippen LogP contribution in [0.1, 0.15) is 33.3 Å². The highest BCUT2D eigenvalue weighted by Crippen LogP contribution is 2.22. The Morgan fingerprint density at radius 3 is 2.15 bits per heavy atom. The van der Waals surface area contributed by atoms with Gasteiger partial charge in [-0.1, -0.05) is 30.1 Å². The van der Waals surface area contributed by atoms with Crippen molar-refractivity contribution in [2.75, 3.05) is 33.3 Å². The molecule has 2 amide bonds. The maximum absolute atomic E-state index is 13.2. The van der Waals surface area contributed by atoms with Gasteiger partial charge in [-0.15, -0.1) is 10.2 Å². The molecule has 1 aliphatic rings. The first-order chi connectivity index (χ1) is 15.9. The van der Waals surface area contributed by atoms with Crippen LogP contribution < -0.4 is 4.74 Å². The number of rotatable bonds is 5. The van der Waals surface area contributed by atoms with E-state index in [1.54, 1.807) is 51.0 Å². The van der Waals surface area contributed by atoms with Crippen LogP contribution in [0, 0.1) is 0 Å². The monoisotopic (exact) mass is 488 g/mol. The number of hydrogen-bond acceptors (Lipinski definition) is 6. The fourth-order valence-corrected chi connectivity index (χ4v) is 4.29. The average Bonchev–Trinajstić information content (AvgIpc) is 3.26. The lowest BCUT2D eigenvalue weighted by molar-refractivity contribution is 0.0535. The number of aromatic nitrogens is 4. The molecule has 3 aromatic rings. The average molecular weight is 489 g/mol. The molecule has 33 heavy (non-hydrogen) atoms. The molecule has 0 spiro atoms. The number of methoxy groups -OCH3 is 1. The maximum atomic E-state index is 13.2. The number of amides is 2. The Morgan fingerprint density at radius 2 is 1.61 bits per heavy atom. The number of benzene rings is 1. The summed E-state index contributed by atoms with van der Waals surface area (Å²) < 4.78 is 6.66. The first kappa shape index (κ1) is 23.0. The van der Waals surface area contributed by atoms with Gasteiger partial charge in [-0.05, 0) is 30.7 Å². The van der Waals surface area contributed by atoms with E-state index in [-0.39, 0.29) is 11.8 Å². The molecule has 0 unspecified atom stereocenters. The van der Waals surface area contributed by atoms with Crippen LogP contribution in [0.2, 0.25) is 10.0 Å². The van der Waals surface area contributed by atoms with Crippen molar-refractivity contribution in [3.63, 3.8) is 0 Å². The summed E-state index contributed by atoms with van der Waals surface area (Å²) >= 11 is 12.1. The Kier molecular flexibility index (Phi) is 6.80. The predicted molar refractivity (Wildman–Crippen MR) is 123 cm³/mol. The first-order valence-corrected chi connectivity index (χ1v) is 11.2. The zero-order chi connectivity index (χ0) is 23.5. The first-order valence-electron chi connectivity index (χ1n) is 10.4. The van der Waals surface area contributed by atoms with Gasteiger partial charge in [0.05, 0.1) is 24.6 Å². The highest BCUT2D eigenvalue weighted by atomic mass is 35.5. The van der Waals surface area contributed by atoms with Crippen LogP contribution in [0.15, 0.2) is 36.5 Å². The molecule has 0 radical (unpaired) electrons. The second-order valence-corrected chi connectivity index (χ2v) is 8.32. The van der Waals surface area contributed by atoms with Crippen molar-refractivity contribution in [2.24, 2.45) is 0 Å². The van der Waals surface area contributed by atoms with Crippen LogP contribution in [-0.2, 0) is 6.42 Å². The molecule has 172 valence electrons. The number of carbonyl (C=O) groups is 2. The molecule has 9 nitrogen and oxygen atoms in total. The van der Waals surface area contributed by atoms with E-state index in [0.717, 1.165) is 5.69 Å². The summed E-state index contributed by atoms with van der Waals surface area (Å²) in [5, 5.41) is 13.3. The van der Waals surface area contributed by atoms with E-state index in [9.17, 15) is 9.59 Å². The van der Waals surface area contributed by atoms with E-state index >= 15 is 0 Å². The number of carbonyl (C=O) groups excluding carboxylic acids is 2. The molecule has 1 saturated heterocycles. The minimum absolute atomic E-state index is 0.127. The van der Waals surface area contributed by atoms with E-state index in [0.29, 0.717) is 65.5 Å². The Morgan fingerprint density at radius 1 is 0.970 bits per heavy atom. The topological polar surface area (TPSA) is 93.5 Å².